The van der Waals surface area contributed by atoms with Crippen molar-refractivity contribution in [3.63, 3.8) is 0 Å². The van der Waals surface area contributed by atoms with Crippen molar-refractivity contribution in [1.82, 2.24) is 9.88 Å². The van der Waals surface area contributed by atoms with Gasteiger partial charge in [-0.3, -0.25) is 9.59 Å². The van der Waals surface area contributed by atoms with Crippen molar-refractivity contribution in [2.75, 3.05) is 13.1 Å². The third kappa shape index (κ3) is 2.15. The molecule has 0 spiro atoms. The molecule has 0 unspecified atom stereocenters. The Labute approximate surface area is 116 Å². The van der Waals surface area contributed by atoms with Crippen LogP contribution in [-0.2, 0) is 4.79 Å². The van der Waals surface area contributed by atoms with Crippen molar-refractivity contribution in [3.8, 4) is 0 Å². The van der Waals surface area contributed by atoms with E-state index in [9.17, 15) is 9.59 Å². The largest absolute Gasteiger partial charge is 0.481 e. The molecular formula is C15H16N2O3. The van der Waals surface area contributed by atoms with E-state index in [-0.39, 0.29) is 5.91 Å². The number of nitrogens with one attached hydrogen (secondary N) is 1. The number of piperidine rings is 1. The average molecular weight is 272 g/mol. The summed E-state index contributed by atoms with van der Waals surface area (Å²) >= 11 is 0. The number of aromatic nitrogens is 1. The fraction of sp³-hybridized carbons (Fsp3) is 0.333. The van der Waals surface area contributed by atoms with Crippen LogP contribution in [0.2, 0.25) is 0 Å². The number of carbonyl (C=O) groups is 2. The lowest BCUT2D eigenvalue weighted by Crippen LogP contribution is -2.42. The Morgan fingerprint density at radius 1 is 1.30 bits per heavy atom. The van der Waals surface area contributed by atoms with Gasteiger partial charge >= 0.3 is 5.97 Å². The Morgan fingerprint density at radius 3 is 2.95 bits per heavy atom. The van der Waals surface area contributed by atoms with Gasteiger partial charge in [0.1, 0.15) is 0 Å². The summed E-state index contributed by atoms with van der Waals surface area (Å²) in [5.74, 6) is -1.36. The lowest BCUT2D eigenvalue weighted by Gasteiger charge is -2.30. The number of benzene rings is 1. The lowest BCUT2D eigenvalue weighted by atomic mass is 9.97. The highest BCUT2D eigenvalue weighted by Gasteiger charge is 2.29. The van der Waals surface area contributed by atoms with Crippen LogP contribution in [0.25, 0.3) is 10.9 Å². The SMILES string of the molecule is O=C(O)[C@H]1CCCN(C(=O)c2cccc3cc[nH]c23)C1. The van der Waals surface area contributed by atoms with Gasteiger partial charge in [-0.2, -0.15) is 0 Å². The summed E-state index contributed by atoms with van der Waals surface area (Å²) in [6, 6.07) is 7.49. The maximum absolute atomic E-state index is 12.6. The molecule has 1 fully saturated rings. The molecular weight excluding hydrogens is 256 g/mol. The van der Waals surface area contributed by atoms with Crippen LogP contribution in [-0.4, -0.2) is 40.0 Å². The first-order chi connectivity index (χ1) is 9.66. The summed E-state index contributed by atoms with van der Waals surface area (Å²) in [7, 11) is 0. The van der Waals surface area contributed by atoms with E-state index in [4.69, 9.17) is 5.11 Å². The molecule has 1 atom stereocenters. The molecule has 2 heterocycles. The molecule has 0 radical (unpaired) electrons. The van der Waals surface area contributed by atoms with Crippen LogP contribution in [0.4, 0.5) is 0 Å². The maximum atomic E-state index is 12.6. The Kier molecular flexibility index (Phi) is 3.18. The number of amides is 1. The molecule has 0 aliphatic carbocycles. The number of fused-ring (bicyclic) bond motifs is 1. The summed E-state index contributed by atoms with van der Waals surface area (Å²) in [4.78, 5) is 28.4. The predicted octanol–water partition coefficient (Wildman–Crippen LogP) is 2.10. The van der Waals surface area contributed by atoms with E-state index >= 15 is 0 Å². The standard InChI is InChI=1S/C15H16N2O3/c18-14(17-8-2-4-11(9-17)15(19)20)12-5-1-3-10-6-7-16-13(10)12/h1,3,5-7,11,16H,2,4,8-9H2,(H,19,20)/t11-/m0/s1. The van der Waals surface area contributed by atoms with Gasteiger partial charge in [0.05, 0.1) is 17.0 Å². The average Bonchev–Trinajstić information content (AvgIpc) is 2.95. The Hall–Kier alpha value is -2.30. The fourth-order valence-electron chi connectivity index (χ4n) is 2.80. The monoisotopic (exact) mass is 272 g/mol. The van der Waals surface area contributed by atoms with Crippen LogP contribution in [0.5, 0.6) is 0 Å². The second kappa shape index (κ2) is 5.00. The minimum atomic E-state index is -0.819. The van der Waals surface area contributed by atoms with Crippen LogP contribution < -0.4 is 0 Å². The number of hydrogen-bond acceptors (Lipinski definition) is 2. The molecule has 5 nitrogen and oxygen atoms in total. The van der Waals surface area contributed by atoms with Gasteiger partial charge in [-0.25, -0.2) is 0 Å². The number of carbonyl (C=O) groups excluding carboxylic acids is 1. The van der Waals surface area contributed by atoms with Crippen LogP contribution in [0.1, 0.15) is 23.2 Å². The quantitative estimate of drug-likeness (QED) is 0.879. The Morgan fingerprint density at radius 2 is 2.15 bits per heavy atom. The number of para-hydroxylation sites is 1. The molecule has 20 heavy (non-hydrogen) atoms. The molecule has 1 aromatic carbocycles. The topological polar surface area (TPSA) is 73.4 Å². The van der Waals surface area contributed by atoms with Crippen LogP contribution in [0.15, 0.2) is 30.5 Å². The van der Waals surface area contributed by atoms with E-state index in [1.807, 2.05) is 18.2 Å². The number of aromatic amines is 1. The van der Waals surface area contributed by atoms with Gasteiger partial charge in [0.2, 0.25) is 0 Å². The molecule has 2 N–H and O–H groups in total. The van der Waals surface area contributed by atoms with Gasteiger partial charge in [-0.05, 0) is 25.0 Å². The molecule has 1 saturated heterocycles. The number of H-pyrrole nitrogens is 1. The van der Waals surface area contributed by atoms with Crippen molar-refractivity contribution in [2.45, 2.75) is 12.8 Å². The van der Waals surface area contributed by atoms with E-state index in [2.05, 4.69) is 4.98 Å². The first kappa shape index (κ1) is 12.7. The van der Waals surface area contributed by atoms with E-state index < -0.39 is 11.9 Å². The third-order valence-electron chi connectivity index (χ3n) is 3.88. The minimum absolute atomic E-state index is 0.0935. The minimum Gasteiger partial charge on any atom is -0.481 e. The van der Waals surface area contributed by atoms with Crippen molar-refractivity contribution in [1.29, 1.82) is 0 Å². The summed E-state index contributed by atoms with van der Waals surface area (Å²) in [6.07, 6.45) is 3.19. The first-order valence-corrected chi connectivity index (χ1v) is 6.75. The van der Waals surface area contributed by atoms with Crippen LogP contribution >= 0.6 is 0 Å². The number of nitrogens with zero attached hydrogens (tertiary/aromatic N) is 1. The molecule has 1 amide bonds. The van der Waals surface area contributed by atoms with Gasteiger partial charge < -0.3 is 15.0 Å². The molecule has 1 aromatic heterocycles. The number of carboxylic acid groups (broad SMARTS) is 1. The zero-order valence-corrected chi connectivity index (χ0v) is 11.0. The molecule has 104 valence electrons. The van der Waals surface area contributed by atoms with Gasteiger partial charge in [-0.15, -0.1) is 0 Å². The number of hydrogen-bond donors (Lipinski definition) is 2. The van der Waals surface area contributed by atoms with E-state index in [0.717, 1.165) is 17.3 Å². The number of carboxylic acids is 1. The summed E-state index contributed by atoms with van der Waals surface area (Å²) < 4.78 is 0. The van der Waals surface area contributed by atoms with Crippen molar-refractivity contribution in [2.24, 2.45) is 5.92 Å². The highest BCUT2D eigenvalue weighted by molar-refractivity contribution is 6.05. The predicted molar refractivity (Wildman–Crippen MR) is 74.6 cm³/mol. The molecule has 3 rings (SSSR count). The van der Waals surface area contributed by atoms with Crippen molar-refractivity contribution >= 4 is 22.8 Å². The maximum Gasteiger partial charge on any atom is 0.308 e. The Bertz CT molecular complexity index is 662. The second-order valence-corrected chi connectivity index (χ2v) is 5.18. The molecule has 5 heteroatoms. The van der Waals surface area contributed by atoms with E-state index in [1.54, 1.807) is 17.2 Å². The summed E-state index contributed by atoms with van der Waals surface area (Å²) in [6.45, 7) is 0.922. The van der Waals surface area contributed by atoms with Gasteiger partial charge in [-0.1, -0.05) is 12.1 Å². The van der Waals surface area contributed by atoms with Crippen LogP contribution in [0, 0.1) is 5.92 Å². The first-order valence-electron chi connectivity index (χ1n) is 6.75. The van der Waals surface area contributed by atoms with E-state index in [0.29, 0.717) is 25.1 Å². The zero-order valence-electron chi connectivity index (χ0n) is 11.0. The Balaban J connectivity index is 1.88. The van der Waals surface area contributed by atoms with Gasteiger partial charge in [0, 0.05) is 24.7 Å². The second-order valence-electron chi connectivity index (χ2n) is 5.18. The van der Waals surface area contributed by atoms with Crippen molar-refractivity contribution < 1.29 is 14.7 Å². The van der Waals surface area contributed by atoms with Gasteiger partial charge in [0.25, 0.3) is 5.91 Å². The summed E-state index contributed by atoms with van der Waals surface area (Å²) in [5, 5.41) is 10.1. The molecule has 1 aliphatic rings. The smallest absolute Gasteiger partial charge is 0.308 e. The molecule has 0 bridgehead atoms. The molecule has 2 aromatic rings. The highest BCUT2D eigenvalue weighted by Crippen LogP contribution is 2.22. The molecule has 0 saturated carbocycles. The molecule has 1 aliphatic heterocycles. The van der Waals surface area contributed by atoms with Crippen LogP contribution in [0.3, 0.4) is 0 Å². The van der Waals surface area contributed by atoms with Crippen molar-refractivity contribution in [3.05, 3.63) is 36.0 Å². The third-order valence-corrected chi connectivity index (χ3v) is 3.88. The fourth-order valence-corrected chi connectivity index (χ4v) is 2.80. The van der Waals surface area contributed by atoms with Gasteiger partial charge in [0.15, 0.2) is 0 Å². The number of aliphatic carboxylic acids is 1. The van der Waals surface area contributed by atoms with E-state index in [1.165, 1.54) is 0 Å². The highest BCUT2D eigenvalue weighted by atomic mass is 16.4. The lowest BCUT2D eigenvalue weighted by molar-refractivity contribution is -0.143. The zero-order chi connectivity index (χ0) is 14.1. The number of likely N-dealkylation sites (tertiary alicyclic amines) is 1. The number of rotatable bonds is 2. The summed E-state index contributed by atoms with van der Waals surface area (Å²) in [5.41, 5.74) is 1.42. The normalized spacial score (nSPS) is 19.2.